The van der Waals surface area contributed by atoms with E-state index in [1.807, 2.05) is 25.2 Å². The molecule has 0 aliphatic heterocycles. The van der Waals surface area contributed by atoms with Crippen LogP contribution in [0.15, 0.2) is 42.6 Å². The molecular formula is C20H21FN4O. The zero-order chi connectivity index (χ0) is 18.1. The maximum atomic E-state index is 13.8. The molecular weight excluding hydrogens is 331 g/mol. The van der Waals surface area contributed by atoms with Gasteiger partial charge in [-0.1, -0.05) is 6.07 Å². The zero-order valence-electron chi connectivity index (χ0n) is 14.7. The van der Waals surface area contributed by atoms with Crippen molar-refractivity contribution in [2.45, 2.75) is 25.2 Å². The lowest BCUT2D eigenvalue weighted by Crippen LogP contribution is -2.03. The number of aryl methyl sites for hydroxylation is 1. The highest BCUT2D eigenvalue weighted by Gasteiger charge is 2.27. The lowest BCUT2D eigenvalue weighted by atomic mass is 10.1. The lowest BCUT2D eigenvalue weighted by Gasteiger charge is -2.11. The highest BCUT2D eigenvalue weighted by Crippen LogP contribution is 2.41. The SMILES string of the molecule is Cn1nc(C2CC2)cc1Oc1cc(F)ccc1-c1ccc(CCN)cn1. The standard InChI is InChI=1S/C20H21FN4O/c1-25-20(11-18(24-25)14-3-4-14)26-19-10-15(21)5-6-16(19)17-7-2-13(8-9-22)12-23-17/h2,5-7,10-12,14H,3-4,8-9,22H2,1H3. The molecule has 134 valence electrons. The number of rotatable bonds is 6. The summed E-state index contributed by atoms with van der Waals surface area (Å²) in [5, 5.41) is 4.50. The summed E-state index contributed by atoms with van der Waals surface area (Å²) in [6.07, 6.45) is 4.91. The fourth-order valence-corrected chi connectivity index (χ4v) is 2.95. The molecule has 1 fully saturated rings. The van der Waals surface area contributed by atoms with Gasteiger partial charge in [-0.2, -0.15) is 5.10 Å². The summed E-state index contributed by atoms with van der Waals surface area (Å²) >= 11 is 0. The van der Waals surface area contributed by atoms with Crippen LogP contribution in [0.3, 0.4) is 0 Å². The van der Waals surface area contributed by atoms with Gasteiger partial charge in [0.25, 0.3) is 0 Å². The minimum atomic E-state index is -0.354. The first-order chi connectivity index (χ1) is 12.6. The second kappa shape index (κ2) is 6.88. The van der Waals surface area contributed by atoms with Crippen LogP contribution in [0, 0.1) is 5.82 Å². The third-order valence-corrected chi connectivity index (χ3v) is 4.54. The van der Waals surface area contributed by atoms with Crippen molar-refractivity contribution in [2.24, 2.45) is 12.8 Å². The molecule has 1 saturated carbocycles. The van der Waals surface area contributed by atoms with Crippen LogP contribution in [-0.4, -0.2) is 21.3 Å². The number of nitrogens with zero attached hydrogens (tertiary/aromatic N) is 3. The Morgan fingerprint density at radius 2 is 2.08 bits per heavy atom. The van der Waals surface area contributed by atoms with Crippen molar-refractivity contribution in [2.75, 3.05) is 6.54 Å². The number of benzene rings is 1. The number of pyridine rings is 1. The van der Waals surface area contributed by atoms with E-state index in [2.05, 4.69) is 10.1 Å². The third-order valence-electron chi connectivity index (χ3n) is 4.54. The van der Waals surface area contributed by atoms with Gasteiger partial charge in [0.05, 0.1) is 11.4 Å². The summed E-state index contributed by atoms with van der Waals surface area (Å²) < 4.78 is 21.5. The summed E-state index contributed by atoms with van der Waals surface area (Å²) in [6.45, 7) is 0.579. The second-order valence-corrected chi connectivity index (χ2v) is 6.64. The highest BCUT2D eigenvalue weighted by molar-refractivity contribution is 5.67. The molecule has 2 N–H and O–H groups in total. The van der Waals surface area contributed by atoms with Crippen LogP contribution >= 0.6 is 0 Å². The van der Waals surface area contributed by atoms with Gasteiger partial charge in [0.1, 0.15) is 11.6 Å². The van der Waals surface area contributed by atoms with E-state index in [1.54, 1.807) is 16.9 Å². The summed E-state index contributed by atoms with van der Waals surface area (Å²) in [5.41, 5.74) is 9.15. The molecule has 2 heterocycles. The normalized spacial score (nSPS) is 13.8. The molecule has 1 aliphatic rings. The van der Waals surface area contributed by atoms with Gasteiger partial charge in [0, 0.05) is 36.9 Å². The fourth-order valence-electron chi connectivity index (χ4n) is 2.95. The Balaban J connectivity index is 1.66. The lowest BCUT2D eigenvalue weighted by molar-refractivity contribution is 0.428. The second-order valence-electron chi connectivity index (χ2n) is 6.64. The van der Waals surface area contributed by atoms with Crippen LogP contribution in [0.1, 0.15) is 30.0 Å². The number of ether oxygens (including phenoxy) is 1. The van der Waals surface area contributed by atoms with Gasteiger partial charge in [-0.05, 0) is 49.6 Å². The van der Waals surface area contributed by atoms with E-state index in [4.69, 9.17) is 10.5 Å². The van der Waals surface area contributed by atoms with Crippen molar-refractivity contribution in [1.82, 2.24) is 14.8 Å². The molecule has 1 aliphatic carbocycles. The van der Waals surface area contributed by atoms with E-state index in [0.717, 1.165) is 28.9 Å². The van der Waals surface area contributed by atoms with Gasteiger partial charge in [-0.25, -0.2) is 9.07 Å². The predicted molar refractivity (Wildman–Crippen MR) is 97.6 cm³/mol. The topological polar surface area (TPSA) is 66.0 Å². The fraction of sp³-hybridized carbons (Fsp3) is 0.300. The number of hydrogen-bond acceptors (Lipinski definition) is 4. The van der Waals surface area contributed by atoms with Gasteiger partial charge in [-0.15, -0.1) is 0 Å². The van der Waals surface area contributed by atoms with Crippen molar-refractivity contribution in [3.8, 4) is 22.9 Å². The maximum absolute atomic E-state index is 13.8. The molecule has 0 amide bonds. The summed E-state index contributed by atoms with van der Waals surface area (Å²) in [7, 11) is 1.83. The van der Waals surface area contributed by atoms with Gasteiger partial charge < -0.3 is 10.5 Å². The van der Waals surface area contributed by atoms with Crippen molar-refractivity contribution in [3.63, 3.8) is 0 Å². The first-order valence-electron chi connectivity index (χ1n) is 8.81. The quantitative estimate of drug-likeness (QED) is 0.733. The molecule has 0 spiro atoms. The first kappa shape index (κ1) is 16.7. The maximum Gasteiger partial charge on any atom is 0.217 e. The molecule has 0 radical (unpaired) electrons. The number of halogens is 1. The summed E-state index contributed by atoms with van der Waals surface area (Å²) in [5.74, 6) is 1.20. The zero-order valence-corrected chi connectivity index (χ0v) is 14.7. The molecule has 2 aromatic heterocycles. The summed E-state index contributed by atoms with van der Waals surface area (Å²) in [4.78, 5) is 4.48. The van der Waals surface area contributed by atoms with Gasteiger partial charge in [-0.3, -0.25) is 4.98 Å². The molecule has 6 heteroatoms. The van der Waals surface area contributed by atoms with E-state index >= 15 is 0 Å². The minimum absolute atomic E-state index is 0.354. The Morgan fingerprint density at radius 3 is 2.77 bits per heavy atom. The molecule has 0 bridgehead atoms. The monoisotopic (exact) mass is 352 g/mol. The molecule has 1 aromatic carbocycles. The van der Waals surface area contributed by atoms with Gasteiger partial charge >= 0.3 is 0 Å². The Kier molecular flexibility index (Phi) is 4.42. The highest BCUT2D eigenvalue weighted by atomic mass is 19.1. The van der Waals surface area contributed by atoms with Crippen molar-refractivity contribution >= 4 is 0 Å². The van der Waals surface area contributed by atoms with Crippen LogP contribution in [0.2, 0.25) is 0 Å². The average Bonchev–Trinajstić information content (AvgIpc) is 3.41. The largest absolute Gasteiger partial charge is 0.438 e. The molecule has 26 heavy (non-hydrogen) atoms. The van der Waals surface area contributed by atoms with E-state index in [1.165, 1.54) is 25.0 Å². The van der Waals surface area contributed by atoms with E-state index in [9.17, 15) is 4.39 Å². The van der Waals surface area contributed by atoms with E-state index in [-0.39, 0.29) is 5.82 Å². The Morgan fingerprint density at radius 1 is 1.23 bits per heavy atom. The smallest absolute Gasteiger partial charge is 0.217 e. The number of hydrogen-bond donors (Lipinski definition) is 1. The van der Waals surface area contributed by atoms with Gasteiger partial charge in [0.2, 0.25) is 5.88 Å². The van der Waals surface area contributed by atoms with Crippen molar-refractivity contribution in [1.29, 1.82) is 0 Å². The first-order valence-corrected chi connectivity index (χ1v) is 8.81. The molecule has 3 aromatic rings. The van der Waals surface area contributed by atoms with Crippen LogP contribution in [0.25, 0.3) is 11.3 Å². The Labute approximate surface area is 151 Å². The minimum Gasteiger partial charge on any atom is -0.438 e. The van der Waals surface area contributed by atoms with Crippen LogP contribution in [-0.2, 0) is 13.5 Å². The molecule has 0 atom stereocenters. The summed E-state index contributed by atoms with van der Waals surface area (Å²) in [6, 6.07) is 10.3. The molecule has 4 rings (SSSR count). The predicted octanol–water partition coefficient (Wildman–Crippen LogP) is 3.79. The van der Waals surface area contributed by atoms with E-state index in [0.29, 0.717) is 24.1 Å². The number of nitrogens with two attached hydrogens (primary N) is 1. The van der Waals surface area contributed by atoms with E-state index < -0.39 is 0 Å². The Hall–Kier alpha value is -2.73. The van der Waals surface area contributed by atoms with Crippen LogP contribution < -0.4 is 10.5 Å². The van der Waals surface area contributed by atoms with Gasteiger partial charge in [0.15, 0.2) is 0 Å². The molecule has 5 nitrogen and oxygen atoms in total. The van der Waals surface area contributed by atoms with Crippen molar-refractivity contribution < 1.29 is 9.13 Å². The van der Waals surface area contributed by atoms with Crippen molar-refractivity contribution in [3.05, 3.63) is 59.7 Å². The average molecular weight is 352 g/mol. The molecule has 0 saturated heterocycles. The molecule has 0 unspecified atom stereocenters. The number of aromatic nitrogens is 3. The van der Waals surface area contributed by atoms with Crippen LogP contribution in [0.4, 0.5) is 4.39 Å². The van der Waals surface area contributed by atoms with Crippen LogP contribution in [0.5, 0.6) is 11.6 Å². The Bertz CT molecular complexity index is 916. The third kappa shape index (κ3) is 3.46.